The fraction of sp³-hybridized carbons (Fsp3) is 0.667. The summed E-state index contributed by atoms with van der Waals surface area (Å²) in [5, 5.41) is 0. The van der Waals surface area contributed by atoms with Crippen LogP contribution in [0.2, 0.25) is 0 Å². The summed E-state index contributed by atoms with van der Waals surface area (Å²) in [5.41, 5.74) is -9.67. The van der Waals surface area contributed by atoms with Gasteiger partial charge in [0, 0.05) is 21.6 Å². The van der Waals surface area contributed by atoms with Crippen molar-refractivity contribution in [2.24, 2.45) is 0 Å². The van der Waals surface area contributed by atoms with Crippen molar-refractivity contribution < 1.29 is 26.3 Å². The van der Waals surface area contributed by atoms with E-state index < -0.39 is 32.6 Å². The van der Waals surface area contributed by atoms with Crippen LogP contribution in [-0.4, -0.2) is 11.0 Å². The zero-order chi connectivity index (χ0) is 11.2. The normalized spacial score (nSPS) is 15.6. The van der Waals surface area contributed by atoms with Crippen molar-refractivity contribution in [3.05, 3.63) is 12.2 Å². The van der Waals surface area contributed by atoms with Gasteiger partial charge in [-0.25, -0.2) is 0 Å². The van der Waals surface area contributed by atoms with E-state index in [1.54, 1.807) is 0 Å². The zero-order valence-electron chi connectivity index (χ0n) is 6.65. The second-order valence-electron chi connectivity index (χ2n) is 2.11. The number of hydrogen-bond donors (Lipinski definition) is 0. The minimum atomic E-state index is -4.83. The molecule has 0 unspecified atom stereocenters. The lowest BCUT2D eigenvalue weighted by Crippen LogP contribution is -2.03. The minimum absolute atomic E-state index is 1.17. The van der Waals surface area contributed by atoms with Crippen molar-refractivity contribution in [1.82, 2.24) is 0 Å². The molecule has 0 saturated carbocycles. The Kier molecular flexibility index (Phi) is 5.80. The Balaban J connectivity index is 0.000000344. The largest absolute Gasteiger partial charge is 0.452 e. The molecule has 14 heavy (non-hydrogen) atoms. The van der Waals surface area contributed by atoms with Gasteiger partial charge in [0.05, 0.1) is 0 Å². The van der Waals surface area contributed by atoms with Crippen molar-refractivity contribution in [1.29, 1.82) is 0 Å². The van der Waals surface area contributed by atoms with Crippen LogP contribution in [0.25, 0.3) is 0 Å². The van der Waals surface area contributed by atoms with Gasteiger partial charge in [-0.15, -0.1) is 0 Å². The molecule has 0 atom stereocenters. The van der Waals surface area contributed by atoms with Crippen molar-refractivity contribution in [3.63, 3.8) is 0 Å². The fourth-order valence-corrected chi connectivity index (χ4v) is 1.02. The van der Waals surface area contributed by atoms with Crippen molar-refractivity contribution >= 4 is 21.6 Å². The molecule has 0 bridgehead atoms. The summed E-state index contributed by atoms with van der Waals surface area (Å²) >= 11 is 0. The predicted octanol–water partition coefficient (Wildman–Crippen LogP) is 4.74. The Hall–Kier alpha value is 0.0200. The Labute approximate surface area is 84.5 Å². The standard InChI is InChI=1S/C4H6.C2F6S2/c1-2-4-3-1;3-1(4,5)9-10-2(6,7)8/h1-2H,3-4H2;. The highest BCUT2D eigenvalue weighted by Crippen LogP contribution is 2.48. The van der Waals surface area contributed by atoms with Gasteiger partial charge < -0.3 is 0 Å². The highest BCUT2D eigenvalue weighted by Gasteiger charge is 2.38. The Morgan fingerprint density at radius 3 is 1.00 bits per heavy atom. The van der Waals surface area contributed by atoms with E-state index in [0.29, 0.717) is 0 Å². The molecule has 84 valence electrons. The van der Waals surface area contributed by atoms with E-state index in [4.69, 9.17) is 0 Å². The maximum Gasteiger partial charge on any atom is 0.452 e. The summed E-state index contributed by atoms with van der Waals surface area (Å²) in [7, 11) is -2.34. The summed E-state index contributed by atoms with van der Waals surface area (Å²) in [6.07, 6.45) is 7.00. The van der Waals surface area contributed by atoms with Crippen molar-refractivity contribution in [2.45, 2.75) is 23.9 Å². The van der Waals surface area contributed by atoms with E-state index >= 15 is 0 Å². The molecule has 0 saturated heterocycles. The van der Waals surface area contributed by atoms with E-state index in [1.165, 1.54) is 12.8 Å². The molecule has 1 rings (SSSR count). The summed E-state index contributed by atoms with van der Waals surface area (Å²) in [6.45, 7) is 0. The fourth-order valence-electron chi connectivity index (χ4n) is 0.261. The lowest BCUT2D eigenvalue weighted by Gasteiger charge is -2.05. The van der Waals surface area contributed by atoms with Crippen LogP contribution in [0.15, 0.2) is 12.2 Å². The van der Waals surface area contributed by atoms with E-state index in [1.807, 2.05) is 0 Å². The van der Waals surface area contributed by atoms with Crippen molar-refractivity contribution in [2.75, 3.05) is 0 Å². The summed E-state index contributed by atoms with van der Waals surface area (Å²) in [6, 6.07) is 0. The number of allylic oxidation sites excluding steroid dienone is 2. The molecular formula is C6H6F6S2. The maximum atomic E-state index is 11.0. The average molecular weight is 256 g/mol. The molecular weight excluding hydrogens is 250 g/mol. The van der Waals surface area contributed by atoms with Crippen LogP contribution < -0.4 is 0 Å². The van der Waals surface area contributed by atoms with Crippen LogP contribution in [0.4, 0.5) is 26.3 Å². The molecule has 0 heterocycles. The van der Waals surface area contributed by atoms with E-state index in [-0.39, 0.29) is 0 Å². The lowest BCUT2D eigenvalue weighted by molar-refractivity contribution is -0.0372. The first-order valence-electron chi connectivity index (χ1n) is 3.36. The van der Waals surface area contributed by atoms with Gasteiger partial charge in [-0.3, -0.25) is 0 Å². The summed E-state index contributed by atoms with van der Waals surface area (Å²) in [5.74, 6) is 0. The van der Waals surface area contributed by atoms with E-state index in [0.717, 1.165) is 0 Å². The van der Waals surface area contributed by atoms with E-state index in [2.05, 4.69) is 12.2 Å². The van der Waals surface area contributed by atoms with Gasteiger partial charge in [0.15, 0.2) is 0 Å². The van der Waals surface area contributed by atoms with Crippen LogP contribution in [-0.2, 0) is 0 Å². The SMILES string of the molecule is C1=CCC1.FC(F)(F)SSC(F)(F)F. The molecule has 0 aliphatic heterocycles. The number of halogens is 6. The van der Waals surface area contributed by atoms with Gasteiger partial charge in [-0.1, -0.05) is 12.2 Å². The first-order valence-corrected chi connectivity index (χ1v) is 5.51. The van der Waals surface area contributed by atoms with Crippen LogP contribution in [0.5, 0.6) is 0 Å². The molecule has 0 aromatic heterocycles. The molecule has 0 radical (unpaired) electrons. The van der Waals surface area contributed by atoms with Gasteiger partial charge in [0.25, 0.3) is 0 Å². The summed E-state index contributed by atoms with van der Waals surface area (Å²) < 4.78 is 66.2. The highest BCUT2D eigenvalue weighted by atomic mass is 33.1. The maximum absolute atomic E-state index is 11.0. The number of alkyl halides is 6. The Morgan fingerprint density at radius 1 is 0.714 bits per heavy atom. The van der Waals surface area contributed by atoms with Gasteiger partial charge in [-0.2, -0.15) is 26.3 Å². The average Bonchev–Trinajstić information content (AvgIpc) is 1.76. The van der Waals surface area contributed by atoms with E-state index in [9.17, 15) is 26.3 Å². The topological polar surface area (TPSA) is 0 Å². The van der Waals surface area contributed by atoms with Crippen LogP contribution in [0.1, 0.15) is 12.8 Å². The molecule has 8 heteroatoms. The Bertz CT molecular complexity index is 162. The number of hydrogen-bond acceptors (Lipinski definition) is 2. The molecule has 0 spiro atoms. The van der Waals surface area contributed by atoms with Crippen LogP contribution in [0.3, 0.4) is 0 Å². The van der Waals surface area contributed by atoms with Gasteiger partial charge in [-0.05, 0) is 12.8 Å². The predicted molar refractivity (Wildman–Crippen MR) is 45.7 cm³/mol. The molecule has 0 N–H and O–H groups in total. The third-order valence-corrected chi connectivity index (χ3v) is 2.74. The quantitative estimate of drug-likeness (QED) is 0.377. The van der Waals surface area contributed by atoms with Gasteiger partial charge in [0.1, 0.15) is 0 Å². The molecule has 0 fully saturated rings. The first-order chi connectivity index (χ1) is 6.21. The second-order valence-corrected chi connectivity index (χ2v) is 4.37. The zero-order valence-corrected chi connectivity index (χ0v) is 8.29. The smallest absolute Gasteiger partial charge is 0.160 e. The first kappa shape index (κ1) is 14.0. The highest BCUT2D eigenvalue weighted by molar-refractivity contribution is 8.77. The number of rotatable bonds is 1. The summed E-state index contributed by atoms with van der Waals surface area (Å²) in [4.78, 5) is 0. The van der Waals surface area contributed by atoms with Crippen LogP contribution in [0, 0.1) is 0 Å². The molecule has 1 aliphatic carbocycles. The van der Waals surface area contributed by atoms with Crippen molar-refractivity contribution in [3.8, 4) is 0 Å². The molecule has 0 aromatic rings. The lowest BCUT2D eigenvalue weighted by atomic mass is 10.1. The molecule has 0 amide bonds. The van der Waals surface area contributed by atoms with Gasteiger partial charge >= 0.3 is 11.0 Å². The minimum Gasteiger partial charge on any atom is -0.160 e. The molecule has 0 aromatic carbocycles. The van der Waals surface area contributed by atoms with Gasteiger partial charge in [0.2, 0.25) is 0 Å². The Morgan fingerprint density at radius 2 is 0.929 bits per heavy atom. The third-order valence-electron chi connectivity index (χ3n) is 0.897. The third kappa shape index (κ3) is 12.0. The molecule has 1 aliphatic rings. The monoisotopic (exact) mass is 256 g/mol. The molecule has 0 nitrogen and oxygen atoms in total. The van der Waals surface area contributed by atoms with Crippen LogP contribution >= 0.6 is 21.6 Å². The second kappa shape index (κ2) is 5.79.